The summed E-state index contributed by atoms with van der Waals surface area (Å²) >= 11 is 0. The largest absolute Gasteiger partial charge is 0.494 e. The van der Waals surface area contributed by atoms with Crippen LogP contribution in [0.4, 0.5) is 5.69 Å². The minimum absolute atomic E-state index is 0.0719. The number of rotatable bonds is 14. The first-order chi connectivity index (χ1) is 19.6. The fraction of sp³-hybridized carbons (Fsp3) is 0.375. The molecule has 8 nitrogen and oxygen atoms in total. The van der Waals surface area contributed by atoms with Crippen LogP contribution < -0.4 is 14.4 Å². The zero-order chi connectivity index (χ0) is 30.0. The highest BCUT2D eigenvalue weighted by Crippen LogP contribution is 2.27. The van der Waals surface area contributed by atoms with Gasteiger partial charge in [0.25, 0.3) is 10.0 Å². The highest BCUT2D eigenvalue weighted by Gasteiger charge is 2.33. The van der Waals surface area contributed by atoms with Crippen molar-refractivity contribution in [3.8, 4) is 5.75 Å². The molecule has 220 valence electrons. The van der Waals surface area contributed by atoms with E-state index in [9.17, 15) is 18.0 Å². The highest BCUT2D eigenvalue weighted by atomic mass is 32.2. The molecule has 2 amide bonds. The number of amides is 2. The number of hydrogen-bond donors (Lipinski definition) is 1. The van der Waals surface area contributed by atoms with E-state index in [0.717, 1.165) is 27.4 Å². The van der Waals surface area contributed by atoms with Gasteiger partial charge in [0.05, 0.1) is 17.2 Å². The van der Waals surface area contributed by atoms with E-state index >= 15 is 0 Å². The van der Waals surface area contributed by atoms with Gasteiger partial charge >= 0.3 is 0 Å². The third-order valence-electron chi connectivity index (χ3n) is 6.73. The molecule has 1 atom stereocenters. The average Bonchev–Trinajstić information content (AvgIpc) is 2.96. The van der Waals surface area contributed by atoms with Crippen LogP contribution in [0.15, 0.2) is 77.7 Å². The summed E-state index contributed by atoms with van der Waals surface area (Å²) in [5.74, 6) is -0.146. The predicted molar refractivity (Wildman–Crippen MR) is 162 cm³/mol. The van der Waals surface area contributed by atoms with Crippen molar-refractivity contribution in [1.82, 2.24) is 10.2 Å². The van der Waals surface area contributed by atoms with Crippen molar-refractivity contribution in [3.63, 3.8) is 0 Å². The monoisotopic (exact) mass is 579 g/mol. The molecule has 0 spiro atoms. The molecule has 0 heterocycles. The number of aryl methyl sites for hydroxylation is 2. The molecule has 0 saturated carbocycles. The maximum atomic E-state index is 14.1. The van der Waals surface area contributed by atoms with Crippen molar-refractivity contribution in [2.75, 3.05) is 24.0 Å². The summed E-state index contributed by atoms with van der Waals surface area (Å²) in [5, 5.41) is 2.90. The maximum Gasteiger partial charge on any atom is 0.264 e. The van der Waals surface area contributed by atoms with Gasteiger partial charge in [0.15, 0.2) is 0 Å². The van der Waals surface area contributed by atoms with Crippen LogP contribution in [0, 0.1) is 13.8 Å². The summed E-state index contributed by atoms with van der Waals surface area (Å²) in [6.45, 7) is 10.2. The molecule has 1 N–H and O–H groups in total. The standard InChI is InChI=1S/C32H41N3O5S/c1-6-21-33-32(37)30(7-2)34(22-26-13-9-24(4)10-14-26)31(36)23-35(27-15-17-28(18-16-27)40-8-3)41(38,39)29-19-11-25(5)12-20-29/h9-20,30H,6-8,21-23H2,1-5H3,(H,33,37). The van der Waals surface area contributed by atoms with E-state index in [4.69, 9.17) is 4.74 Å². The Hall–Kier alpha value is -3.85. The van der Waals surface area contributed by atoms with Crippen molar-refractivity contribution in [2.45, 2.75) is 64.9 Å². The first kappa shape index (κ1) is 31.7. The molecule has 0 fully saturated rings. The SMILES string of the molecule is CCCNC(=O)C(CC)N(Cc1ccc(C)cc1)C(=O)CN(c1ccc(OCC)cc1)S(=O)(=O)c1ccc(C)cc1. The second kappa shape index (κ2) is 14.7. The first-order valence-corrected chi connectivity index (χ1v) is 15.5. The smallest absolute Gasteiger partial charge is 0.264 e. The van der Waals surface area contributed by atoms with Crippen molar-refractivity contribution < 1.29 is 22.7 Å². The van der Waals surface area contributed by atoms with Crippen LogP contribution in [0.25, 0.3) is 0 Å². The number of carbonyl (C=O) groups is 2. The number of anilines is 1. The van der Waals surface area contributed by atoms with Gasteiger partial charge in [0.1, 0.15) is 18.3 Å². The van der Waals surface area contributed by atoms with E-state index in [0.29, 0.717) is 31.0 Å². The summed E-state index contributed by atoms with van der Waals surface area (Å²) in [5.41, 5.74) is 3.16. The molecule has 0 aliphatic rings. The fourth-order valence-electron chi connectivity index (χ4n) is 4.42. The van der Waals surface area contributed by atoms with Crippen molar-refractivity contribution in [2.24, 2.45) is 0 Å². The lowest BCUT2D eigenvalue weighted by Gasteiger charge is -2.33. The van der Waals surface area contributed by atoms with Crippen LogP contribution in [-0.4, -0.2) is 50.9 Å². The van der Waals surface area contributed by atoms with Crippen molar-refractivity contribution in [1.29, 1.82) is 0 Å². The molecule has 0 radical (unpaired) electrons. The summed E-state index contributed by atoms with van der Waals surface area (Å²) in [6.07, 6.45) is 1.13. The van der Waals surface area contributed by atoms with E-state index in [2.05, 4.69) is 5.32 Å². The number of carbonyl (C=O) groups excluding carboxylic acids is 2. The van der Waals surface area contributed by atoms with Gasteiger partial charge in [-0.3, -0.25) is 13.9 Å². The molecule has 0 aliphatic carbocycles. The lowest BCUT2D eigenvalue weighted by molar-refractivity contribution is -0.140. The number of hydrogen-bond acceptors (Lipinski definition) is 5. The number of nitrogens with one attached hydrogen (secondary N) is 1. The lowest BCUT2D eigenvalue weighted by Crippen LogP contribution is -2.52. The molecule has 0 aliphatic heterocycles. The summed E-state index contributed by atoms with van der Waals surface area (Å²) in [6, 6.07) is 20.1. The van der Waals surface area contributed by atoms with E-state index in [1.807, 2.05) is 58.9 Å². The van der Waals surface area contributed by atoms with Crippen LogP contribution in [0.2, 0.25) is 0 Å². The van der Waals surface area contributed by atoms with Gasteiger partial charge in [-0.05, 0) is 75.6 Å². The summed E-state index contributed by atoms with van der Waals surface area (Å²) < 4.78 is 34.6. The third-order valence-corrected chi connectivity index (χ3v) is 8.52. The highest BCUT2D eigenvalue weighted by molar-refractivity contribution is 7.92. The first-order valence-electron chi connectivity index (χ1n) is 14.1. The Labute approximate surface area is 244 Å². The quantitative estimate of drug-likeness (QED) is 0.282. The van der Waals surface area contributed by atoms with Crippen molar-refractivity contribution >= 4 is 27.5 Å². The van der Waals surface area contributed by atoms with Gasteiger partial charge in [-0.15, -0.1) is 0 Å². The Balaban J connectivity index is 2.04. The van der Waals surface area contributed by atoms with Gasteiger partial charge in [0, 0.05) is 13.1 Å². The minimum Gasteiger partial charge on any atom is -0.494 e. The molecule has 1 unspecified atom stereocenters. The molecule has 3 aromatic rings. The second-order valence-corrected chi connectivity index (χ2v) is 11.8. The van der Waals surface area contributed by atoms with Gasteiger partial charge in [-0.1, -0.05) is 61.4 Å². The minimum atomic E-state index is -4.13. The van der Waals surface area contributed by atoms with Crippen LogP contribution in [0.3, 0.4) is 0 Å². The van der Waals surface area contributed by atoms with Crippen LogP contribution in [0.1, 0.15) is 50.3 Å². The third kappa shape index (κ3) is 8.33. The molecule has 3 aromatic carbocycles. The normalized spacial score (nSPS) is 11.9. The second-order valence-electron chi connectivity index (χ2n) is 9.97. The number of nitrogens with zero attached hydrogens (tertiary/aromatic N) is 2. The maximum absolute atomic E-state index is 14.1. The predicted octanol–water partition coefficient (Wildman–Crippen LogP) is 5.23. The number of benzene rings is 3. The van der Waals surface area contributed by atoms with Gasteiger partial charge in [-0.25, -0.2) is 8.42 Å². The zero-order valence-electron chi connectivity index (χ0n) is 24.6. The molecule has 3 rings (SSSR count). The molecule has 41 heavy (non-hydrogen) atoms. The molecular formula is C32H41N3O5S. The Kier molecular flexibility index (Phi) is 11.3. The van der Waals surface area contributed by atoms with Crippen molar-refractivity contribution in [3.05, 3.63) is 89.5 Å². The van der Waals surface area contributed by atoms with E-state index < -0.39 is 28.5 Å². The Morgan fingerprint density at radius 2 is 1.44 bits per heavy atom. The molecule has 0 bridgehead atoms. The average molecular weight is 580 g/mol. The number of ether oxygens (including phenoxy) is 1. The van der Waals surface area contributed by atoms with Crippen LogP contribution in [-0.2, 0) is 26.2 Å². The molecule has 0 aromatic heterocycles. The van der Waals surface area contributed by atoms with E-state index in [1.54, 1.807) is 36.4 Å². The van der Waals surface area contributed by atoms with Crippen LogP contribution in [0.5, 0.6) is 5.75 Å². The molecular weight excluding hydrogens is 538 g/mol. The Morgan fingerprint density at radius 3 is 1.98 bits per heavy atom. The van der Waals surface area contributed by atoms with Crippen LogP contribution >= 0.6 is 0 Å². The number of sulfonamides is 1. The fourth-order valence-corrected chi connectivity index (χ4v) is 5.83. The lowest BCUT2D eigenvalue weighted by atomic mass is 10.1. The van der Waals surface area contributed by atoms with E-state index in [1.165, 1.54) is 17.0 Å². The summed E-state index contributed by atoms with van der Waals surface area (Å²) in [7, 11) is -4.13. The Morgan fingerprint density at radius 1 is 0.854 bits per heavy atom. The van der Waals surface area contributed by atoms with E-state index in [-0.39, 0.29) is 17.3 Å². The van der Waals surface area contributed by atoms with Gasteiger partial charge in [0.2, 0.25) is 11.8 Å². The Bertz CT molecular complexity index is 1390. The van der Waals surface area contributed by atoms with Gasteiger partial charge < -0.3 is 15.0 Å². The molecule has 9 heteroatoms. The zero-order valence-corrected chi connectivity index (χ0v) is 25.4. The topological polar surface area (TPSA) is 96.0 Å². The molecule has 0 saturated heterocycles. The summed E-state index contributed by atoms with van der Waals surface area (Å²) in [4.78, 5) is 28.8. The van der Waals surface area contributed by atoms with Gasteiger partial charge in [-0.2, -0.15) is 0 Å².